The van der Waals surface area contributed by atoms with Crippen molar-refractivity contribution in [3.8, 4) is 0 Å². The molecule has 0 aromatic heterocycles. The maximum Gasteiger partial charge on any atom is 0.264 e. The van der Waals surface area contributed by atoms with Crippen molar-refractivity contribution in [2.75, 3.05) is 13.2 Å². The molecule has 0 unspecified atom stereocenters. The maximum absolute atomic E-state index is 12.9. The van der Waals surface area contributed by atoms with E-state index in [0.29, 0.717) is 0 Å². The van der Waals surface area contributed by atoms with Crippen LogP contribution in [-0.2, 0) is 10.3 Å². The highest BCUT2D eigenvalue weighted by Gasteiger charge is 2.41. The lowest BCUT2D eigenvalue weighted by atomic mass is 9.88. The van der Waals surface area contributed by atoms with E-state index in [1.807, 2.05) is 0 Å². The Kier molecular flexibility index (Phi) is 2.44. The van der Waals surface area contributed by atoms with Crippen LogP contribution in [0, 0.1) is 5.82 Å². The van der Waals surface area contributed by atoms with Gasteiger partial charge in [-0.3, -0.25) is 0 Å². The first-order chi connectivity index (χ1) is 7.03. The van der Waals surface area contributed by atoms with Gasteiger partial charge in [-0.25, -0.2) is 13.2 Å². The van der Waals surface area contributed by atoms with Crippen molar-refractivity contribution in [2.45, 2.75) is 12.0 Å². The summed E-state index contributed by atoms with van der Waals surface area (Å²) < 4.78 is 42.8. The third kappa shape index (κ3) is 1.72. The normalized spacial score (nSPS) is 19.0. The predicted molar refractivity (Wildman–Crippen MR) is 46.1 cm³/mol. The smallest absolute Gasteiger partial charge is 0.264 e. The number of hydrogen-bond acceptors (Lipinski definition) is 2. The number of alkyl halides is 2. The van der Waals surface area contributed by atoms with Crippen molar-refractivity contribution in [3.05, 3.63) is 35.1 Å². The number of hydrogen-bond donors (Lipinski definition) is 1. The molecule has 1 aliphatic heterocycles. The second kappa shape index (κ2) is 3.50. The first-order valence-electron chi connectivity index (χ1n) is 4.41. The minimum Gasteiger partial charge on any atom is -0.380 e. The fraction of sp³-hybridized carbons (Fsp3) is 0.400. The Hall–Kier alpha value is -1.07. The number of halogens is 3. The molecule has 0 bridgehead atoms. The molecule has 1 saturated heterocycles. The highest BCUT2D eigenvalue weighted by atomic mass is 19.3. The van der Waals surface area contributed by atoms with Gasteiger partial charge in [0.2, 0.25) is 0 Å². The second-order valence-corrected chi connectivity index (χ2v) is 3.56. The summed E-state index contributed by atoms with van der Waals surface area (Å²) in [4.78, 5) is 0. The Bertz CT molecular complexity index is 375. The van der Waals surface area contributed by atoms with E-state index in [2.05, 4.69) is 0 Å². The van der Waals surface area contributed by atoms with Crippen molar-refractivity contribution >= 4 is 0 Å². The summed E-state index contributed by atoms with van der Waals surface area (Å²) in [5, 5.41) is 9.81. The van der Waals surface area contributed by atoms with Gasteiger partial charge in [0, 0.05) is 5.56 Å². The Morgan fingerprint density at radius 1 is 1.33 bits per heavy atom. The SMILES string of the molecule is OC1(c2cc(F)ccc2C(F)F)COC1. The quantitative estimate of drug-likeness (QED) is 0.822. The van der Waals surface area contributed by atoms with E-state index in [1.165, 1.54) is 0 Å². The van der Waals surface area contributed by atoms with E-state index in [4.69, 9.17) is 4.74 Å². The molecule has 1 aliphatic rings. The zero-order valence-electron chi connectivity index (χ0n) is 7.71. The average Bonchev–Trinajstić information content (AvgIpc) is 2.13. The molecule has 15 heavy (non-hydrogen) atoms. The van der Waals surface area contributed by atoms with Crippen LogP contribution in [0.2, 0.25) is 0 Å². The number of benzene rings is 1. The molecular weight excluding hydrogens is 209 g/mol. The van der Waals surface area contributed by atoms with Crippen molar-refractivity contribution < 1.29 is 23.0 Å². The molecular formula is C10H9F3O2. The molecule has 1 N–H and O–H groups in total. The molecule has 1 aromatic rings. The van der Waals surface area contributed by atoms with Gasteiger partial charge in [0.15, 0.2) is 0 Å². The second-order valence-electron chi connectivity index (χ2n) is 3.56. The largest absolute Gasteiger partial charge is 0.380 e. The Morgan fingerprint density at radius 2 is 2.00 bits per heavy atom. The maximum atomic E-state index is 12.9. The average molecular weight is 218 g/mol. The fourth-order valence-corrected chi connectivity index (χ4v) is 1.57. The molecule has 2 rings (SSSR count). The minimum absolute atomic E-state index is 0.0732. The lowest BCUT2D eigenvalue weighted by molar-refractivity contribution is -0.185. The lowest BCUT2D eigenvalue weighted by Gasteiger charge is -2.37. The van der Waals surface area contributed by atoms with Crippen molar-refractivity contribution in [2.24, 2.45) is 0 Å². The van der Waals surface area contributed by atoms with Crippen LogP contribution < -0.4 is 0 Å². The van der Waals surface area contributed by atoms with E-state index in [0.717, 1.165) is 18.2 Å². The van der Waals surface area contributed by atoms with Gasteiger partial charge in [-0.1, -0.05) is 6.07 Å². The van der Waals surface area contributed by atoms with Crippen LogP contribution in [0.15, 0.2) is 18.2 Å². The molecule has 1 aromatic carbocycles. The summed E-state index contributed by atoms with van der Waals surface area (Å²) in [5.41, 5.74) is -1.89. The van der Waals surface area contributed by atoms with Crippen LogP contribution in [0.3, 0.4) is 0 Å². The van der Waals surface area contributed by atoms with E-state index in [-0.39, 0.29) is 24.3 Å². The molecule has 82 valence electrons. The van der Waals surface area contributed by atoms with Crippen molar-refractivity contribution in [1.82, 2.24) is 0 Å². The lowest BCUT2D eigenvalue weighted by Crippen LogP contribution is -2.47. The van der Waals surface area contributed by atoms with Crippen LogP contribution in [0.5, 0.6) is 0 Å². The first kappa shape index (κ1) is 10.4. The van der Waals surface area contributed by atoms with Crippen LogP contribution in [0.25, 0.3) is 0 Å². The van der Waals surface area contributed by atoms with Gasteiger partial charge in [0.25, 0.3) is 6.43 Å². The Labute approximate surface area is 84.3 Å². The van der Waals surface area contributed by atoms with Gasteiger partial charge in [0.1, 0.15) is 11.4 Å². The zero-order valence-corrected chi connectivity index (χ0v) is 7.71. The van der Waals surface area contributed by atoms with Crippen LogP contribution >= 0.6 is 0 Å². The molecule has 1 heterocycles. The highest BCUT2D eigenvalue weighted by Crippen LogP contribution is 2.36. The first-order valence-corrected chi connectivity index (χ1v) is 4.41. The van der Waals surface area contributed by atoms with Gasteiger partial charge in [0.05, 0.1) is 13.2 Å². The van der Waals surface area contributed by atoms with Crippen LogP contribution in [0.1, 0.15) is 17.6 Å². The van der Waals surface area contributed by atoms with E-state index < -0.39 is 17.8 Å². The predicted octanol–water partition coefficient (Wildman–Crippen LogP) is 1.98. The van der Waals surface area contributed by atoms with E-state index >= 15 is 0 Å². The third-order valence-electron chi connectivity index (χ3n) is 2.43. The summed E-state index contributed by atoms with van der Waals surface area (Å²) in [6, 6.07) is 2.88. The zero-order chi connectivity index (χ0) is 11.1. The number of ether oxygens (including phenoxy) is 1. The topological polar surface area (TPSA) is 29.5 Å². The fourth-order valence-electron chi connectivity index (χ4n) is 1.57. The van der Waals surface area contributed by atoms with Crippen molar-refractivity contribution in [1.29, 1.82) is 0 Å². The van der Waals surface area contributed by atoms with E-state index in [1.54, 1.807) is 0 Å². The van der Waals surface area contributed by atoms with E-state index in [9.17, 15) is 18.3 Å². The highest BCUT2D eigenvalue weighted by molar-refractivity contribution is 5.35. The molecule has 0 amide bonds. The molecule has 1 fully saturated rings. The summed E-state index contributed by atoms with van der Waals surface area (Å²) >= 11 is 0. The van der Waals surface area contributed by atoms with Gasteiger partial charge < -0.3 is 9.84 Å². The molecule has 0 aliphatic carbocycles. The Balaban J connectivity index is 2.47. The molecule has 0 atom stereocenters. The number of aliphatic hydroxyl groups is 1. The summed E-state index contributed by atoms with van der Waals surface area (Å²) in [7, 11) is 0. The summed E-state index contributed by atoms with van der Waals surface area (Å²) in [5.74, 6) is -0.644. The van der Waals surface area contributed by atoms with Crippen molar-refractivity contribution in [3.63, 3.8) is 0 Å². The van der Waals surface area contributed by atoms with Gasteiger partial charge >= 0.3 is 0 Å². The molecule has 0 radical (unpaired) electrons. The molecule has 2 nitrogen and oxygen atoms in total. The molecule has 0 spiro atoms. The number of rotatable bonds is 2. The van der Waals surface area contributed by atoms with Crippen LogP contribution in [-0.4, -0.2) is 18.3 Å². The monoisotopic (exact) mass is 218 g/mol. The Morgan fingerprint density at radius 3 is 2.47 bits per heavy atom. The standard InChI is InChI=1S/C10H9F3O2/c11-6-1-2-7(9(12)13)8(3-6)10(14)4-15-5-10/h1-3,9,14H,4-5H2. The summed E-state index contributed by atoms with van der Waals surface area (Å²) in [6.45, 7) is -0.146. The minimum atomic E-state index is -2.73. The summed E-state index contributed by atoms with van der Waals surface area (Å²) in [6.07, 6.45) is -2.73. The van der Waals surface area contributed by atoms with Gasteiger partial charge in [-0.15, -0.1) is 0 Å². The molecule has 5 heteroatoms. The molecule has 0 saturated carbocycles. The van der Waals surface area contributed by atoms with Gasteiger partial charge in [-0.05, 0) is 17.7 Å². The third-order valence-corrected chi connectivity index (χ3v) is 2.43. The van der Waals surface area contributed by atoms with Crippen LogP contribution in [0.4, 0.5) is 13.2 Å². The van der Waals surface area contributed by atoms with Gasteiger partial charge in [-0.2, -0.15) is 0 Å².